The van der Waals surface area contributed by atoms with E-state index < -0.39 is 0 Å². The lowest BCUT2D eigenvalue weighted by Gasteiger charge is -2.24. The number of hydrogen-bond acceptors (Lipinski definition) is 3. The van der Waals surface area contributed by atoms with E-state index >= 15 is 0 Å². The summed E-state index contributed by atoms with van der Waals surface area (Å²) in [5.41, 5.74) is 6.62. The van der Waals surface area contributed by atoms with Gasteiger partial charge < -0.3 is 16.0 Å². The number of hydrogen-bond donors (Lipinski definition) is 2. The second kappa shape index (κ2) is 6.32. The molecule has 1 aromatic rings. The minimum absolute atomic E-state index is 0.0632. The van der Waals surface area contributed by atoms with Gasteiger partial charge in [0.2, 0.25) is 0 Å². The van der Waals surface area contributed by atoms with Gasteiger partial charge in [-0.3, -0.25) is 9.69 Å². The number of urea groups is 1. The van der Waals surface area contributed by atoms with E-state index in [1.807, 2.05) is 6.92 Å². The van der Waals surface area contributed by atoms with Gasteiger partial charge in [0.25, 0.3) is 5.91 Å². The lowest BCUT2D eigenvalue weighted by molar-refractivity contribution is 0.0748. The lowest BCUT2D eigenvalue weighted by atomic mass is 10.1. The lowest BCUT2D eigenvalue weighted by Crippen LogP contribution is -2.39. The van der Waals surface area contributed by atoms with Crippen molar-refractivity contribution >= 4 is 29.2 Å². The van der Waals surface area contributed by atoms with Gasteiger partial charge in [0.1, 0.15) is 0 Å². The van der Waals surface area contributed by atoms with Crippen molar-refractivity contribution in [2.75, 3.05) is 31.6 Å². The Labute approximate surface area is 128 Å². The number of amides is 3. The number of rotatable bonds is 4. The Morgan fingerprint density at radius 3 is 2.86 bits per heavy atom. The van der Waals surface area contributed by atoms with Gasteiger partial charge in [0, 0.05) is 38.3 Å². The normalized spacial score (nSPS) is 15.8. The third-order valence-electron chi connectivity index (χ3n) is 3.66. The van der Waals surface area contributed by atoms with Gasteiger partial charge in [-0.1, -0.05) is 11.6 Å². The first-order valence-corrected chi connectivity index (χ1v) is 7.15. The Hall–Kier alpha value is -1.79. The van der Waals surface area contributed by atoms with E-state index in [4.69, 9.17) is 17.3 Å². The summed E-state index contributed by atoms with van der Waals surface area (Å²) >= 11 is 6.15. The summed E-state index contributed by atoms with van der Waals surface area (Å²) in [6.45, 7) is 3.36. The van der Waals surface area contributed by atoms with Crippen molar-refractivity contribution in [2.45, 2.75) is 13.0 Å². The average molecular weight is 311 g/mol. The minimum Gasteiger partial charge on any atom is -0.338 e. The topological polar surface area (TPSA) is 78.7 Å². The Kier molecular flexibility index (Phi) is 4.69. The van der Waals surface area contributed by atoms with Gasteiger partial charge in [0.05, 0.1) is 10.7 Å². The molecule has 3 amide bonds. The van der Waals surface area contributed by atoms with E-state index in [-0.39, 0.29) is 18.0 Å². The van der Waals surface area contributed by atoms with Gasteiger partial charge in [-0.2, -0.15) is 0 Å². The SMILES string of the molecule is C[C@H](CN)N(C)C(=O)c1ccc(Cl)c(N2CCNC2=O)c1. The third kappa shape index (κ3) is 3.11. The standard InChI is InChI=1S/C14H19ClN4O2/c1-9(8-16)18(2)13(20)10-3-4-11(15)12(7-10)19-6-5-17-14(19)21/h3-4,7,9H,5-6,8,16H2,1-2H3,(H,17,21)/t9-/m1/s1. The molecule has 0 radical (unpaired) electrons. The number of nitrogens with one attached hydrogen (secondary N) is 1. The maximum Gasteiger partial charge on any atom is 0.322 e. The molecule has 1 atom stereocenters. The van der Waals surface area contributed by atoms with Crippen molar-refractivity contribution in [3.63, 3.8) is 0 Å². The van der Waals surface area contributed by atoms with E-state index in [0.29, 0.717) is 35.9 Å². The fourth-order valence-electron chi connectivity index (χ4n) is 2.12. The number of benzene rings is 1. The highest BCUT2D eigenvalue weighted by Gasteiger charge is 2.25. The number of likely N-dealkylation sites (N-methyl/N-ethyl adjacent to an activating group) is 1. The van der Waals surface area contributed by atoms with Gasteiger partial charge >= 0.3 is 6.03 Å². The van der Waals surface area contributed by atoms with E-state index in [0.717, 1.165) is 0 Å². The van der Waals surface area contributed by atoms with Gasteiger partial charge in [-0.15, -0.1) is 0 Å². The molecule has 0 saturated carbocycles. The van der Waals surface area contributed by atoms with Crippen molar-refractivity contribution in [3.05, 3.63) is 28.8 Å². The number of nitrogens with two attached hydrogens (primary N) is 1. The molecule has 1 heterocycles. The van der Waals surface area contributed by atoms with Crippen LogP contribution in [-0.2, 0) is 0 Å². The van der Waals surface area contributed by atoms with Crippen LogP contribution in [0.15, 0.2) is 18.2 Å². The molecule has 0 unspecified atom stereocenters. The number of carbonyl (C=O) groups excluding carboxylic acids is 2. The van der Waals surface area contributed by atoms with Crippen molar-refractivity contribution in [3.8, 4) is 0 Å². The largest absolute Gasteiger partial charge is 0.338 e. The molecule has 21 heavy (non-hydrogen) atoms. The summed E-state index contributed by atoms with van der Waals surface area (Å²) in [6.07, 6.45) is 0. The van der Waals surface area contributed by atoms with Crippen LogP contribution in [0.3, 0.4) is 0 Å². The molecule has 0 bridgehead atoms. The summed E-state index contributed by atoms with van der Waals surface area (Å²) in [4.78, 5) is 27.3. The number of anilines is 1. The molecule has 7 heteroatoms. The Morgan fingerprint density at radius 2 is 2.29 bits per heavy atom. The maximum atomic E-state index is 12.4. The van der Waals surface area contributed by atoms with Gasteiger partial charge in [-0.05, 0) is 25.1 Å². The number of halogens is 1. The van der Waals surface area contributed by atoms with Crippen LogP contribution in [0.4, 0.5) is 10.5 Å². The zero-order valence-electron chi connectivity index (χ0n) is 12.1. The van der Waals surface area contributed by atoms with Crippen molar-refractivity contribution < 1.29 is 9.59 Å². The molecule has 1 aliphatic heterocycles. The number of nitrogens with zero attached hydrogens (tertiary/aromatic N) is 2. The molecule has 0 aliphatic carbocycles. The van der Waals surface area contributed by atoms with E-state index in [9.17, 15) is 9.59 Å². The fraction of sp³-hybridized carbons (Fsp3) is 0.429. The zero-order chi connectivity index (χ0) is 15.6. The van der Waals surface area contributed by atoms with E-state index in [1.54, 1.807) is 30.1 Å². The second-order valence-electron chi connectivity index (χ2n) is 5.05. The smallest absolute Gasteiger partial charge is 0.322 e. The maximum absolute atomic E-state index is 12.4. The highest BCUT2D eigenvalue weighted by atomic mass is 35.5. The summed E-state index contributed by atoms with van der Waals surface area (Å²) in [5, 5.41) is 3.15. The third-order valence-corrected chi connectivity index (χ3v) is 3.98. The van der Waals surface area contributed by atoms with E-state index in [1.165, 1.54) is 4.90 Å². The van der Waals surface area contributed by atoms with Crippen LogP contribution in [0.1, 0.15) is 17.3 Å². The molecule has 6 nitrogen and oxygen atoms in total. The minimum atomic E-state index is -0.204. The first-order valence-electron chi connectivity index (χ1n) is 6.78. The number of carbonyl (C=O) groups is 2. The van der Waals surface area contributed by atoms with Crippen LogP contribution in [-0.4, -0.2) is 49.6 Å². The molecular formula is C14H19ClN4O2. The summed E-state index contributed by atoms with van der Waals surface area (Å²) in [6, 6.07) is 4.67. The summed E-state index contributed by atoms with van der Waals surface area (Å²) < 4.78 is 0. The highest BCUT2D eigenvalue weighted by molar-refractivity contribution is 6.34. The first-order chi connectivity index (χ1) is 9.95. The van der Waals surface area contributed by atoms with Gasteiger partial charge in [-0.25, -0.2) is 4.79 Å². The fourth-order valence-corrected chi connectivity index (χ4v) is 2.34. The summed E-state index contributed by atoms with van der Waals surface area (Å²) in [7, 11) is 1.71. The molecule has 0 aromatic heterocycles. The molecule has 1 saturated heterocycles. The molecule has 114 valence electrons. The van der Waals surface area contributed by atoms with Gasteiger partial charge in [0.15, 0.2) is 0 Å². The Bertz CT molecular complexity index is 564. The highest BCUT2D eigenvalue weighted by Crippen LogP contribution is 2.28. The van der Waals surface area contributed by atoms with Crippen LogP contribution < -0.4 is 16.0 Å². The molecule has 3 N–H and O–H groups in total. The predicted molar refractivity (Wildman–Crippen MR) is 82.8 cm³/mol. The van der Waals surface area contributed by atoms with Crippen molar-refractivity contribution in [1.29, 1.82) is 0 Å². The predicted octanol–water partition coefficient (Wildman–Crippen LogP) is 1.29. The molecule has 1 aromatic carbocycles. The van der Waals surface area contributed by atoms with Crippen LogP contribution in [0, 0.1) is 0 Å². The van der Waals surface area contributed by atoms with E-state index in [2.05, 4.69) is 5.32 Å². The van der Waals surface area contributed by atoms with Crippen LogP contribution >= 0.6 is 11.6 Å². The molecule has 0 spiro atoms. The first kappa shape index (κ1) is 15.6. The van der Waals surface area contributed by atoms with Crippen molar-refractivity contribution in [1.82, 2.24) is 10.2 Å². The van der Waals surface area contributed by atoms with Crippen molar-refractivity contribution in [2.24, 2.45) is 5.73 Å². The Balaban J connectivity index is 2.30. The quantitative estimate of drug-likeness (QED) is 0.879. The zero-order valence-corrected chi connectivity index (χ0v) is 12.9. The van der Waals surface area contributed by atoms with Crippen LogP contribution in [0.25, 0.3) is 0 Å². The average Bonchev–Trinajstić information content (AvgIpc) is 2.91. The van der Waals surface area contributed by atoms with Crippen LogP contribution in [0.5, 0.6) is 0 Å². The second-order valence-corrected chi connectivity index (χ2v) is 5.46. The molecule has 1 fully saturated rings. The Morgan fingerprint density at radius 1 is 1.57 bits per heavy atom. The molecular weight excluding hydrogens is 292 g/mol. The monoisotopic (exact) mass is 310 g/mol. The van der Waals surface area contributed by atoms with Crippen LogP contribution in [0.2, 0.25) is 5.02 Å². The molecule has 1 aliphatic rings. The summed E-state index contributed by atoms with van der Waals surface area (Å²) in [5.74, 6) is -0.148. The molecule has 2 rings (SSSR count).